The SMILES string of the molecule is CC(CN)c1coc(C2CCS(=O)(=O)C2)n1. The number of hydrogen-bond donors (Lipinski definition) is 1. The third-order valence-electron chi connectivity index (χ3n) is 2.98. The van der Waals surface area contributed by atoms with Crippen LogP contribution in [0.5, 0.6) is 0 Å². The zero-order valence-corrected chi connectivity index (χ0v) is 10.0. The fourth-order valence-electron chi connectivity index (χ4n) is 1.83. The van der Waals surface area contributed by atoms with E-state index in [-0.39, 0.29) is 23.3 Å². The summed E-state index contributed by atoms with van der Waals surface area (Å²) in [5.74, 6) is 1.00. The van der Waals surface area contributed by atoms with E-state index in [4.69, 9.17) is 10.2 Å². The highest BCUT2D eigenvalue weighted by Gasteiger charge is 2.32. The van der Waals surface area contributed by atoms with Crippen molar-refractivity contribution >= 4 is 9.84 Å². The minimum absolute atomic E-state index is 0.0799. The largest absolute Gasteiger partial charge is 0.448 e. The van der Waals surface area contributed by atoms with Gasteiger partial charge < -0.3 is 10.2 Å². The van der Waals surface area contributed by atoms with Crippen molar-refractivity contribution in [3.63, 3.8) is 0 Å². The molecular formula is C10H16N2O3S. The van der Waals surface area contributed by atoms with Gasteiger partial charge >= 0.3 is 0 Å². The maximum absolute atomic E-state index is 11.3. The van der Waals surface area contributed by atoms with Gasteiger partial charge in [0, 0.05) is 12.5 Å². The molecule has 1 fully saturated rings. The first-order valence-electron chi connectivity index (χ1n) is 5.37. The molecular weight excluding hydrogens is 228 g/mol. The lowest BCUT2D eigenvalue weighted by atomic mass is 10.1. The molecule has 6 heteroatoms. The Morgan fingerprint density at radius 3 is 3.00 bits per heavy atom. The second-order valence-electron chi connectivity index (χ2n) is 4.35. The van der Waals surface area contributed by atoms with Crippen LogP contribution in [0.2, 0.25) is 0 Å². The molecule has 0 radical (unpaired) electrons. The topological polar surface area (TPSA) is 86.2 Å². The van der Waals surface area contributed by atoms with E-state index in [0.717, 1.165) is 5.69 Å². The Hall–Kier alpha value is -0.880. The summed E-state index contributed by atoms with van der Waals surface area (Å²) in [6, 6.07) is 0. The van der Waals surface area contributed by atoms with E-state index >= 15 is 0 Å². The predicted molar refractivity (Wildman–Crippen MR) is 60.0 cm³/mol. The van der Waals surface area contributed by atoms with Crippen LogP contribution in [-0.4, -0.2) is 31.5 Å². The summed E-state index contributed by atoms with van der Waals surface area (Å²) in [6.45, 7) is 2.47. The fraction of sp³-hybridized carbons (Fsp3) is 0.700. The van der Waals surface area contributed by atoms with Crippen LogP contribution in [0.25, 0.3) is 0 Å². The molecule has 2 heterocycles. The van der Waals surface area contributed by atoms with Gasteiger partial charge in [-0.1, -0.05) is 6.92 Å². The molecule has 0 saturated carbocycles. The maximum Gasteiger partial charge on any atom is 0.198 e. The molecule has 0 spiro atoms. The molecule has 2 rings (SSSR count). The Bertz CT molecular complexity index is 466. The Labute approximate surface area is 95.0 Å². The second-order valence-corrected chi connectivity index (χ2v) is 6.58. The van der Waals surface area contributed by atoms with E-state index in [2.05, 4.69) is 4.98 Å². The van der Waals surface area contributed by atoms with Crippen molar-refractivity contribution in [3.05, 3.63) is 17.8 Å². The molecule has 1 aromatic rings. The molecule has 1 aromatic heterocycles. The van der Waals surface area contributed by atoms with Crippen molar-refractivity contribution in [2.24, 2.45) is 5.73 Å². The molecule has 1 aliphatic rings. The zero-order chi connectivity index (χ0) is 11.8. The average Bonchev–Trinajstić information content (AvgIpc) is 2.83. The Kier molecular flexibility index (Phi) is 3.03. The third kappa shape index (κ3) is 2.27. The quantitative estimate of drug-likeness (QED) is 0.843. The normalized spacial score (nSPS) is 25.8. The molecule has 1 saturated heterocycles. The summed E-state index contributed by atoms with van der Waals surface area (Å²) >= 11 is 0. The minimum atomic E-state index is -2.88. The van der Waals surface area contributed by atoms with Gasteiger partial charge in [0.1, 0.15) is 6.26 Å². The highest BCUT2D eigenvalue weighted by Crippen LogP contribution is 2.29. The highest BCUT2D eigenvalue weighted by molar-refractivity contribution is 7.91. The highest BCUT2D eigenvalue weighted by atomic mass is 32.2. The van der Waals surface area contributed by atoms with Gasteiger partial charge in [-0.15, -0.1) is 0 Å². The van der Waals surface area contributed by atoms with E-state index < -0.39 is 9.84 Å². The number of oxazole rings is 1. The van der Waals surface area contributed by atoms with Gasteiger partial charge in [-0.3, -0.25) is 0 Å². The van der Waals surface area contributed by atoms with Crippen molar-refractivity contribution in [2.75, 3.05) is 18.1 Å². The van der Waals surface area contributed by atoms with Crippen molar-refractivity contribution in [1.29, 1.82) is 0 Å². The molecule has 5 nitrogen and oxygen atoms in total. The number of sulfone groups is 1. The van der Waals surface area contributed by atoms with Crippen molar-refractivity contribution in [3.8, 4) is 0 Å². The fourth-order valence-corrected chi connectivity index (χ4v) is 3.56. The molecule has 2 atom stereocenters. The van der Waals surface area contributed by atoms with Crippen LogP contribution in [-0.2, 0) is 9.84 Å². The van der Waals surface area contributed by atoms with Crippen molar-refractivity contribution in [1.82, 2.24) is 4.98 Å². The van der Waals surface area contributed by atoms with E-state index in [1.807, 2.05) is 6.92 Å². The third-order valence-corrected chi connectivity index (χ3v) is 4.75. The lowest BCUT2D eigenvalue weighted by molar-refractivity contribution is 0.460. The monoisotopic (exact) mass is 244 g/mol. The van der Waals surface area contributed by atoms with Crippen LogP contribution < -0.4 is 5.73 Å². The molecule has 2 N–H and O–H groups in total. The van der Waals surface area contributed by atoms with Crippen LogP contribution in [0.1, 0.15) is 36.8 Å². The lowest BCUT2D eigenvalue weighted by Gasteiger charge is -2.02. The first-order chi connectivity index (χ1) is 7.52. The van der Waals surface area contributed by atoms with Crippen LogP contribution in [0, 0.1) is 0 Å². The summed E-state index contributed by atoms with van der Waals surface area (Å²) in [5, 5.41) is 0. The summed E-state index contributed by atoms with van der Waals surface area (Å²) in [6.07, 6.45) is 2.19. The summed E-state index contributed by atoms with van der Waals surface area (Å²) in [7, 11) is -2.88. The molecule has 2 unspecified atom stereocenters. The van der Waals surface area contributed by atoms with Gasteiger partial charge in [0.25, 0.3) is 0 Å². The molecule has 1 aliphatic heterocycles. The Morgan fingerprint density at radius 2 is 2.44 bits per heavy atom. The van der Waals surface area contributed by atoms with Gasteiger partial charge in [-0.25, -0.2) is 13.4 Å². The van der Waals surface area contributed by atoms with E-state index in [1.165, 1.54) is 0 Å². The predicted octanol–water partition coefficient (Wildman–Crippen LogP) is 0.639. The summed E-state index contributed by atoms with van der Waals surface area (Å²) in [5.41, 5.74) is 6.34. The summed E-state index contributed by atoms with van der Waals surface area (Å²) < 4.78 is 28.0. The first-order valence-corrected chi connectivity index (χ1v) is 7.20. The van der Waals surface area contributed by atoms with Gasteiger partial charge in [0.05, 0.1) is 23.1 Å². The van der Waals surface area contributed by atoms with Crippen molar-refractivity contribution in [2.45, 2.75) is 25.2 Å². The molecule has 0 aromatic carbocycles. The van der Waals surface area contributed by atoms with Crippen LogP contribution in [0.4, 0.5) is 0 Å². The van der Waals surface area contributed by atoms with Crippen LogP contribution in [0.15, 0.2) is 10.7 Å². The number of nitrogens with two attached hydrogens (primary N) is 1. The zero-order valence-electron chi connectivity index (χ0n) is 9.22. The lowest BCUT2D eigenvalue weighted by Crippen LogP contribution is -2.09. The maximum atomic E-state index is 11.3. The number of rotatable bonds is 3. The Balaban J connectivity index is 2.14. The first kappa shape index (κ1) is 11.6. The number of aromatic nitrogens is 1. The van der Waals surface area contributed by atoms with Gasteiger partial charge in [0.2, 0.25) is 0 Å². The van der Waals surface area contributed by atoms with Gasteiger partial charge in [0.15, 0.2) is 15.7 Å². The summed E-state index contributed by atoms with van der Waals surface area (Å²) in [4.78, 5) is 4.32. The molecule has 0 bridgehead atoms. The molecule has 16 heavy (non-hydrogen) atoms. The number of hydrogen-bond acceptors (Lipinski definition) is 5. The molecule has 90 valence electrons. The van der Waals surface area contributed by atoms with E-state index in [9.17, 15) is 8.42 Å². The number of nitrogens with zero attached hydrogens (tertiary/aromatic N) is 1. The van der Waals surface area contributed by atoms with Gasteiger partial charge in [-0.05, 0) is 6.42 Å². The smallest absolute Gasteiger partial charge is 0.198 e. The Morgan fingerprint density at radius 1 is 1.69 bits per heavy atom. The van der Waals surface area contributed by atoms with E-state index in [1.54, 1.807) is 6.26 Å². The van der Waals surface area contributed by atoms with Crippen molar-refractivity contribution < 1.29 is 12.8 Å². The average molecular weight is 244 g/mol. The van der Waals surface area contributed by atoms with Crippen LogP contribution in [0.3, 0.4) is 0 Å². The second kappa shape index (κ2) is 4.18. The van der Waals surface area contributed by atoms with Crippen LogP contribution >= 0.6 is 0 Å². The van der Waals surface area contributed by atoms with Gasteiger partial charge in [-0.2, -0.15) is 0 Å². The molecule has 0 aliphatic carbocycles. The standard InChI is InChI=1S/C10H16N2O3S/c1-7(4-11)9-5-15-10(12-9)8-2-3-16(13,14)6-8/h5,7-8H,2-4,6,11H2,1H3. The minimum Gasteiger partial charge on any atom is -0.448 e. The molecule has 0 amide bonds. The van der Waals surface area contributed by atoms with E-state index in [0.29, 0.717) is 18.9 Å².